The van der Waals surface area contributed by atoms with E-state index in [0.29, 0.717) is 0 Å². The Morgan fingerprint density at radius 1 is 0.409 bits per heavy atom. The molecule has 10 aromatic rings. The van der Waals surface area contributed by atoms with E-state index in [1.165, 1.54) is 36.6 Å². The van der Waals surface area contributed by atoms with Crippen LogP contribution < -0.4 is 4.90 Å². The van der Waals surface area contributed by atoms with Gasteiger partial charge in [0.15, 0.2) is 0 Å². The highest BCUT2D eigenvalue weighted by Gasteiger charge is 2.23. The number of nitrogens with zero attached hydrogens (tertiary/aromatic N) is 1. The standard InChI is InChI=1S/C40H23NO2S/c1-2-10-27-24(9-1)21-38-39(30-13-5-8-16-37(30)44-38)40(27)41(25-17-19-35-31(22-25)28-11-3-6-14-33(28)42-35)26-18-20-36-32(23-26)29-12-4-7-15-34(29)43-36/h1-23H. The zero-order valence-corrected chi connectivity index (χ0v) is 24.3. The molecule has 3 nitrogen and oxygen atoms in total. The van der Waals surface area contributed by atoms with Gasteiger partial charge in [-0.1, -0.05) is 78.9 Å². The summed E-state index contributed by atoms with van der Waals surface area (Å²) < 4.78 is 15.1. The van der Waals surface area contributed by atoms with Crippen LogP contribution in [0.4, 0.5) is 17.1 Å². The van der Waals surface area contributed by atoms with E-state index in [1.54, 1.807) is 0 Å². The molecule has 0 unspecified atom stereocenters. The normalized spacial score (nSPS) is 12.1. The summed E-state index contributed by atoms with van der Waals surface area (Å²) in [5.41, 5.74) is 6.89. The van der Waals surface area contributed by atoms with Gasteiger partial charge in [0.2, 0.25) is 0 Å². The minimum Gasteiger partial charge on any atom is -0.456 e. The van der Waals surface area contributed by atoms with E-state index < -0.39 is 0 Å². The Hall–Kier alpha value is -5.58. The number of para-hydroxylation sites is 2. The van der Waals surface area contributed by atoms with Crippen LogP contribution in [-0.2, 0) is 0 Å². The molecular formula is C40H23NO2S. The molecule has 0 aliphatic rings. The zero-order valence-electron chi connectivity index (χ0n) is 23.5. The summed E-state index contributed by atoms with van der Waals surface area (Å²) in [6.07, 6.45) is 0. The fourth-order valence-electron chi connectivity index (χ4n) is 6.87. The van der Waals surface area contributed by atoms with Crippen LogP contribution in [-0.4, -0.2) is 0 Å². The third-order valence-electron chi connectivity index (χ3n) is 8.82. The first-order chi connectivity index (χ1) is 21.8. The van der Waals surface area contributed by atoms with Gasteiger partial charge in [-0.3, -0.25) is 0 Å². The summed E-state index contributed by atoms with van der Waals surface area (Å²) in [5, 5.41) is 9.39. The third-order valence-corrected chi connectivity index (χ3v) is 9.94. The van der Waals surface area contributed by atoms with Crippen LogP contribution in [0.2, 0.25) is 0 Å². The molecule has 7 aromatic carbocycles. The first kappa shape index (κ1) is 23.9. The van der Waals surface area contributed by atoms with Crippen LogP contribution in [0.3, 0.4) is 0 Å². The number of fused-ring (bicyclic) bond motifs is 10. The lowest BCUT2D eigenvalue weighted by molar-refractivity contribution is 0.668. The first-order valence-electron chi connectivity index (χ1n) is 14.8. The highest BCUT2D eigenvalue weighted by atomic mass is 32.1. The lowest BCUT2D eigenvalue weighted by atomic mass is 10.0. The predicted molar refractivity (Wildman–Crippen MR) is 186 cm³/mol. The van der Waals surface area contributed by atoms with E-state index >= 15 is 0 Å². The largest absolute Gasteiger partial charge is 0.456 e. The van der Waals surface area contributed by atoms with E-state index in [-0.39, 0.29) is 0 Å². The van der Waals surface area contributed by atoms with E-state index in [9.17, 15) is 0 Å². The summed E-state index contributed by atoms with van der Waals surface area (Å²) >= 11 is 1.85. The summed E-state index contributed by atoms with van der Waals surface area (Å²) in [6, 6.07) is 49.5. The number of rotatable bonds is 3. The van der Waals surface area contributed by atoms with Gasteiger partial charge in [0.05, 0.1) is 5.69 Å². The van der Waals surface area contributed by atoms with Crippen LogP contribution in [0.1, 0.15) is 0 Å². The van der Waals surface area contributed by atoms with Crippen molar-refractivity contribution in [2.45, 2.75) is 0 Å². The highest BCUT2D eigenvalue weighted by Crippen LogP contribution is 2.50. The van der Waals surface area contributed by atoms with Crippen LogP contribution in [0, 0.1) is 0 Å². The topological polar surface area (TPSA) is 29.5 Å². The number of benzene rings is 7. The molecule has 0 aliphatic carbocycles. The average Bonchev–Trinajstić information content (AvgIpc) is 3.75. The van der Waals surface area contributed by atoms with Crippen molar-refractivity contribution in [3.05, 3.63) is 140 Å². The molecule has 10 rings (SSSR count). The van der Waals surface area contributed by atoms with E-state index in [0.717, 1.165) is 55.3 Å². The summed E-state index contributed by atoms with van der Waals surface area (Å²) in [6.45, 7) is 0. The second-order valence-corrected chi connectivity index (χ2v) is 12.4. The molecule has 44 heavy (non-hydrogen) atoms. The van der Waals surface area contributed by atoms with Gasteiger partial charge in [-0.25, -0.2) is 0 Å². The lowest BCUT2D eigenvalue weighted by Gasteiger charge is -2.28. The van der Waals surface area contributed by atoms with Gasteiger partial charge in [0.1, 0.15) is 22.3 Å². The molecule has 3 heterocycles. The molecule has 0 spiro atoms. The second kappa shape index (κ2) is 8.96. The number of furan rings is 2. The molecule has 0 radical (unpaired) electrons. The van der Waals surface area contributed by atoms with E-state index in [2.05, 4.69) is 120 Å². The number of hydrogen-bond acceptors (Lipinski definition) is 4. The van der Waals surface area contributed by atoms with Crippen molar-refractivity contribution in [3.63, 3.8) is 0 Å². The highest BCUT2D eigenvalue weighted by molar-refractivity contribution is 7.26. The number of anilines is 3. The van der Waals surface area contributed by atoms with Gasteiger partial charge >= 0.3 is 0 Å². The Labute approximate surface area is 255 Å². The van der Waals surface area contributed by atoms with Crippen LogP contribution in [0.15, 0.2) is 148 Å². The molecular weight excluding hydrogens is 559 g/mol. The first-order valence-corrected chi connectivity index (χ1v) is 15.6. The Bertz CT molecular complexity index is 2630. The van der Waals surface area contributed by atoms with Gasteiger partial charge in [-0.15, -0.1) is 11.3 Å². The fraction of sp³-hybridized carbons (Fsp3) is 0. The molecule has 0 fully saturated rings. The molecule has 0 saturated heterocycles. The van der Waals surface area contributed by atoms with Crippen molar-refractivity contribution in [2.75, 3.05) is 4.90 Å². The summed E-state index contributed by atoms with van der Waals surface area (Å²) in [4.78, 5) is 2.44. The van der Waals surface area contributed by atoms with Crippen molar-refractivity contribution in [3.8, 4) is 0 Å². The van der Waals surface area contributed by atoms with Crippen molar-refractivity contribution < 1.29 is 8.83 Å². The van der Waals surface area contributed by atoms with Gasteiger partial charge in [0.25, 0.3) is 0 Å². The van der Waals surface area contributed by atoms with Gasteiger partial charge in [-0.2, -0.15) is 0 Å². The van der Waals surface area contributed by atoms with Crippen LogP contribution in [0.5, 0.6) is 0 Å². The van der Waals surface area contributed by atoms with Crippen LogP contribution in [0.25, 0.3) is 74.8 Å². The monoisotopic (exact) mass is 581 g/mol. The smallest absolute Gasteiger partial charge is 0.135 e. The van der Waals surface area contributed by atoms with Gasteiger partial charge in [-0.05, 0) is 66.0 Å². The Kier molecular flexibility index (Phi) is 4.87. The fourth-order valence-corrected chi connectivity index (χ4v) is 8.03. The minimum absolute atomic E-state index is 0.884. The van der Waals surface area contributed by atoms with E-state index in [1.807, 2.05) is 35.6 Å². The maximum atomic E-state index is 6.25. The van der Waals surface area contributed by atoms with Crippen molar-refractivity contribution >= 4 is 103 Å². The molecule has 0 saturated carbocycles. The SMILES string of the molecule is c1ccc2c(N(c3ccc4oc5ccccc5c4c3)c3ccc4oc5ccccc5c4c3)c3c(cc2c1)sc1ccccc13. The molecule has 206 valence electrons. The van der Waals surface area contributed by atoms with E-state index in [4.69, 9.17) is 8.83 Å². The molecule has 0 aliphatic heterocycles. The maximum Gasteiger partial charge on any atom is 0.135 e. The molecule has 4 heteroatoms. The Morgan fingerprint density at radius 3 is 1.59 bits per heavy atom. The number of hydrogen-bond donors (Lipinski definition) is 0. The lowest BCUT2D eigenvalue weighted by Crippen LogP contribution is -2.11. The van der Waals surface area contributed by atoms with Crippen molar-refractivity contribution in [1.29, 1.82) is 0 Å². The maximum absolute atomic E-state index is 6.25. The Morgan fingerprint density at radius 2 is 0.932 bits per heavy atom. The Balaban J connectivity index is 1.36. The summed E-state index contributed by atoms with van der Waals surface area (Å²) in [7, 11) is 0. The average molecular weight is 582 g/mol. The molecule has 0 amide bonds. The van der Waals surface area contributed by atoms with Crippen LogP contribution >= 0.6 is 11.3 Å². The summed E-state index contributed by atoms with van der Waals surface area (Å²) in [5.74, 6) is 0. The number of thiophene rings is 1. The third kappa shape index (κ3) is 3.37. The second-order valence-electron chi connectivity index (χ2n) is 11.3. The molecule has 0 N–H and O–H groups in total. The molecule has 0 bridgehead atoms. The van der Waals surface area contributed by atoms with Crippen molar-refractivity contribution in [2.24, 2.45) is 0 Å². The molecule has 3 aromatic heterocycles. The van der Waals surface area contributed by atoms with Gasteiger partial charge < -0.3 is 13.7 Å². The minimum atomic E-state index is 0.884. The van der Waals surface area contributed by atoms with Gasteiger partial charge in [0, 0.05) is 58.5 Å². The van der Waals surface area contributed by atoms with Crippen molar-refractivity contribution in [1.82, 2.24) is 0 Å². The molecule has 0 atom stereocenters. The quantitative estimate of drug-likeness (QED) is 0.208. The zero-order chi connectivity index (χ0) is 28.8. The predicted octanol–water partition coefficient (Wildman–Crippen LogP) is 12.5.